The van der Waals surface area contributed by atoms with Crippen molar-refractivity contribution in [2.24, 2.45) is 0 Å². The molecule has 0 spiro atoms. The molecule has 0 heteroatoms. The summed E-state index contributed by atoms with van der Waals surface area (Å²) in [6.07, 6.45) is 15.3. The minimum Gasteiger partial charge on any atom is -0.0873 e. The van der Waals surface area contributed by atoms with E-state index in [0.717, 1.165) is 0 Å². The molecular formula is C38H34. The van der Waals surface area contributed by atoms with Gasteiger partial charge in [0, 0.05) is 0 Å². The number of hydrogen-bond donors (Lipinski definition) is 0. The van der Waals surface area contributed by atoms with Gasteiger partial charge in [0.25, 0.3) is 0 Å². The third kappa shape index (κ3) is 4.55. The summed E-state index contributed by atoms with van der Waals surface area (Å²) in [5.74, 6) is 0. The zero-order valence-corrected chi connectivity index (χ0v) is 22.4. The molecule has 4 aromatic rings. The predicted octanol–water partition coefficient (Wildman–Crippen LogP) is 10.1. The lowest BCUT2D eigenvalue weighted by Gasteiger charge is -2.35. The van der Waals surface area contributed by atoms with Crippen LogP contribution in [0.1, 0.15) is 54.2 Å². The van der Waals surface area contributed by atoms with E-state index in [9.17, 15) is 0 Å². The molecule has 0 saturated heterocycles. The van der Waals surface area contributed by atoms with Gasteiger partial charge in [0.15, 0.2) is 0 Å². The Morgan fingerprint density at radius 3 is 1.84 bits per heavy atom. The zero-order chi connectivity index (χ0) is 26.4. The van der Waals surface area contributed by atoms with Crippen molar-refractivity contribution in [1.29, 1.82) is 0 Å². The summed E-state index contributed by atoms with van der Waals surface area (Å²) < 4.78 is 0. The standard InChI is InChI=1S/C38H34/c1-4-16-31(32-19-9-6-10-20-32)21-15-18-30-26-27-35-29(3)36(17-5-2)38(37(35)28-30,33-22-11-7-12-23-33)34-24-13-8-14-25-34/h4-28H,1-3H3/b16-4+,17-5-,18-15-,31-21+. The van der Waals surface area contributed by atoms with Crippen LogP contribution in [0, 0.1) is 0 Å². The van der Waals surface area contributed by atoms with E-state index in [1.54, 1.807) is 0 Å². The summed E-state index contributed by atoms with van der Waals surface area (Å²) in [4.78, 5) is 0. The molecule has 5 rings (SSSR count). The zero-order valence-electron chi connectivity index (χ0n) is 22.4. The second-order valence-electron chi connectivity index (χ2n) is 9.67. The van der Waals surface area contributed by atoms with E-state index in [4.69, 9.17) is 0 Å². The van der Waals surface area contributed by atoms with Crippen LogP contribution in [0.25, 0.3) is 17.2 Å². The number of rotatable bonds is 7. The van der Waals surface area contributed by atoms with E-state index in [1.807, 2.05) is 0 Å². The Hall–Kier alpha value is -4.42. The van der Waals surface area contributed by atoms with Crippen LogP contribution in [-0.4, -0.2) is 0 Å². The highest BCUT2D eigenvalue weighted by Gasteiger charge is 2.45. The Bertz CT molecular complexity index is 1500. The highest BCUT2D eigenvalue weighted by molar-refractivity contribution is 5.87. The first-order valence-corrected chi connectivity index (χ1v) is 13.4. The molecular weight excluding hydrogens is 456 g/mol. The first kappa shape index (κ1) is 25.2. The quantitative estimate of drug-likeness (QED) is 0.226. The highest BCUT2D eigenvalue weighted by atomic mass is 14.5. The van der Waals surface area contributed by atoms with Crippen molar-refractivity contribution in [2.45, 2.75) is 26.2 Å². The van der Waals surface area contributed by atoms with Crippen molar-refractivity contribution in [3.63, 3.8) is 0 Å². The Kier molecular flexibility index (Phi) is 7.52. The van der Waals surface area contributed by atoms with E-state index >= 15 is 0 Å². The molecule has 0 heterocycles. The molecule has 0 amide bonds. The maximum absolute atomic E-state index is 2.39. The molecule has 0 radical (unpaired) electrons. The molecule has 186 valence electrons. The third-order valence-corrected chi connectivity index (χ3v) is 7.42. The van der Waals surface area contributed by atoms with Crippen molar-refractivity contribution in [3.05, 3.63) is 185 Å². The summed E-state index contributed by atoms with van der Waals surface area (Å²) in [6, 6.07) is 39.4. The van der Waals surface area contributed by atoms with Gasteiger partial charge in [-0.2, -0.15) is 0 Å². The van der Waals surface area contributed by atoms with Gasteiger partial charge < -0.3 is 0 Å². The van der Waals surface area contributed by atoms with E-state index < -0.39 is 0 Å². The van der Waals surface area contributed by atoms with Gasteiger partial charge in [-0.15, -0.1) is 0 Å². The predicted molar refractivity (Wildman–Crippen MR) is 165 cm³/mol. The smallest absolute Gasteiger partial charge is 0.0710 e. The Morgan fingerprint density at radius 2 is 1.26 bits per heavy atom. The maximum atomic E-state index is 2.39. The molecule has 0 fully saturated rings. The van der Waals surface area contributed by atoms with Crippen molar-refractivity contribution < 1.29 is 0 Å². The van der Waals surface area contributed by atoms with Crippen LogP contribution in [0.2, 0.25) is 0 Å². The van der Waals surface area contributed by atoms with Crippen LogP contribution in [0.3, 0.4) is 0 Å². The Morgan fingerprint density at radius 1 is 0.658 bits per heavy atom. The van der Waals surface area contributed by atoms with Crippen LogP contribution in [-0.2, 0) is 5.41 Å². The highest BCUT2D eigenvalue weighted by Crippen LogP contribution is 2.55. The lowest BCUT2D eigenvalue weighted by atomic mass is 9.66. The van der Waals surface area contributed by atoms with Crippen molar-refractivity contribution in [3.8, 4) is 0 Å². The fourth-order valence-corrected chi connectivity index (χ4v) is 5.78. The lowest BCUT2D eigenvalue weighted by Crippen LogP contribution is -2.29. The van der Waals surface area contributed by atoms with Gasteiger partial charge in [-0.25, -0.2) is 0 Å². The van der Waals surface area contributed by atoms with E-state index in [-0.39, 0.29) is 5.41 Å². The van der Waals surface area contributed by atoms with Crippen molar-refractivity contribution in [2.75, 3.05) is 0 Å². The summed E-state index contributed by atoms with van der Waals surface area (Å²) in [7, 11) is 0. The number of allylic oxidation sites excluding steroid dienone is 9. The minimum absolute atomic E-state index is 0.367. The van der Waals surface area contributed by atoms with Crippen LogP contribution >= 0.6 is 0 Å². The van der Waals surface area contributed by atoms with Crippen LogP contribution in [0.5, 0.6) is 0 Å². The minimum atomic E-state index is -0.367. The van der Waals surface area contributed by atoms with Gasteiger partial charge in [-0.05, 0) is 76.9 Å². The van der Waals surface area contributed by atoms with Gasteiger partial charge >= 0.3 is 0 Å². The molecule has 0 saturated carbocycles. The van der Waals surface area contributed by atoms with Crippen molar-refractivity contribution in [1.82, 2.24) is 0 Å². The van der Waals surface area contributed by atoms with Gasteiger partial charge in [0.2, 0.25) is 0 Å². The summed E-state index contributed by atoms with van der Waals surface area (Å²) in [6.45, 7) is 6.44. The maximum Gasteiger partial charge on any atom is 0.0710 e. The third-order valence-electron chi connectivity index (χ3n) is 7.42. The Labute approximate surface area is 227 Å². The normalized spacial score (nSPS) is 15.2. The molecule has 0 unspecified atom stereocenters. The van der Waals surface area contributed by atoms with Gasteiger partial charge in [-0.3, -0.25) is 0 Å². The van der Waals surface area contributed by atoms with Gasteiger partial charge in [0.1, 0.15) is 0 Å². The largest absolute Gasteiger partial charge is 0.0873 e. The second-order valence-corrected chi connectivity index (χ2v) is 9.67. The summed E-state index contributed by atoms with van der Waals surface area (Å²) in [5, 5.41) is 0. The first-order valence-electron chi connectivity index (χ1n) is 13.4. The summed E-state index contributed by atoms with van der Waals surface area (Å²) in [5.41, 5.74) is 11.1. The Balaban J connectivity index is 1.67. The number of hydrogen-bond acceptors (Lipinski definition) is 0. The molecule has 0 aromatic heterocycles. The molecule has 38 heavy (non-hydrogen) atoms. The number of fused-ring (bicyclic) bond motifs is 1. The fraction of sp³-hybridized carbons (Fsp3) is 0.105. The monoisotopic (exact) mass is 490 g/mol. The van der Waals surface area contributed by atoms with Crippen LogP contribution in [0.15, 0.2) is 151 Å². The molecule has 0 N–H and O–H groups in total. The van der Waals surface area contributed by atoms with Gasteiger partial charge in [0.05, 0.1) is 5.41 Å². The SMILES string of the molecule is C/C=C\C1=C(C)c2ccc(\C=C/C=C(\C=C\C)c3ccccc3)cc2C1(c1ccccc1)c1ccccc1. The lowest BCUT2D eigenvalue weighted by molar-refractivity contribution is 0.760. The second kappa shape index (κ2) is 11.3. The van der Waals surface area contributed by atoms with E-state index in [1.165, 1.54) is 50.1 Å². The molecule has 0 aliphatic heterocycles. The first-order chi connectivity index (χ1) is 18.7. The number of benzene rings is 4. The molecule has 0 bridgehead atoms. The molecule has 1 aliphatic carbocycles. The van der Waals surface area contributed by atoms with Crippen LogP contribution < -0.4 is 0 Å². The molecule has 0 atom stereocenters. The molecule has 0 nitrogen and oxygen atoms in total. The fourth-order valence-electron chi connectivity index (χ4n) is 5.78. The molecule has 4 aromatic carbocycles. The van der Waals surface area contributed by atoms with Gasteiger partial charge in [-0.1, -0.05) is 146 Å². The average molecular weight is 491 g/mol. The van der Waals surface area contributed by atoms with Crippen LogP contribution in [0.4, 0.5) is 0 Å². The van der Waals surface area contributed by atoms with E-state index in [0.29, 0.717) is 0 Å². The topological polar surface area (TPSA) is 0 Å². The molecule has 1 aliphatic rings. The van der Waals surface area contributed by atoms with E-state index in [2.05, 4.69) is 172 Å². The van der Waals surface area contributed by atoms with Crippen molar-refractivity contribution >= 4 is 17.2 Å². The summed E-state index contributed by atoms with van der Waals surface area (Å²) >= 11 is 0. The average Bonchev–Trinajstić information content (AvgIpc) is 3.22.